The lowest BCUT2D eigenvalue weighted by Crippen LogP contribution is -2.47. The average Bonchev–Trinajstić information content (AvgIpc) is 2.75. The Morgan fingerprint density at radius 2 is 1.50 bits per heavy atom. The summed E-state index contributed by atoms with van der Waals surface area (Å²) >= 11 is 6.02. The summed E-state index contributed by atoms with van der Waals surface area (Å²) in [6.45, 7) is 4.10. The molecule has 2 nitrogen and oxygen atoms in total. The normalized spacial score (nSPS) is 20.2. The molecule has 1 aliphatic heterocycles. The molecular weight excluding hydrogens is 364 g/mol. The largest absolute Gasteiger partial charge is 0.309 e. The molecule has 1 fully saturated rings. The number of benzene rings is 3. The topological polar surface area (TPSA) is 15.3 Å². The van der Waals surface area contributed by atoms with Crippen LogP contribution >= 0.6 is 11.6 Å². The molecule has 144 valence electrons. The van der Waals surface area contributed by atoms with Gasteiger partial charge in [0.25, 0.3) is 0 Å². The second-order valence-corrected chi connectivity index (χ2v) is 8.08. The summed E-state index contributed by atoms with van der Waals surface area (Å²) in [6.07, 6.45) is 1.15. The third-order valence-electron chi connectivity index (χ3n) is 5.66. The molecule has 3 aromatic rings. The van der Waals surface area contributed by atoms with Crippen LogP contribution < -0.4 is 5.32 Å². The Kier molecular flexibility index (Phi) is 6.43. The fraction of sp³-hybridized carbons (Fsp3) is 0.280. The van der Waals surface area contributed by atoms with E-state index in [1.807, 2.05) is 12.1 Å². The second-order valence-electron chi connectivity index (χ2n) is 7.64. The highest BCUT2D eigenvalue weighted by molar-refractivity contribution is 6.30. The van der Waals surface area contributed by atoms with Crippen molar-refractivity contribution in [1.29, 1.82) is 0 Å². The quantitative estimate of drug-likeness (QED) is 0.598. The summed E-state index contributed by atoms with van der Waals surface area (Å²) in [6, 6.07) is 30.4. The lowest BCUT2D eigenvalue weighted by molar-refractivity contribution is 0.166. The van der Waals surface area contributed by atoms with E-state index in [1.54, 1.807) is 0 Å². The highest BCUT2D eigenvalue weighted by Gasteiger charge is 2.30. The van der Waals surface area contributed by atoms with Crippen molar-refractivity contribution in [1.82, 2.24) is 10.2 Å². The molecule has 1 saturated heterocycles. The molecule has 0 radical (unpaired) electrons. The Balaban J connectivity index is 1.45. The molecule has 0 bridgehead atoms. The summed E-state index contributed by atoms with van der Waals surface area (Å²) in [5, 5.41) is 4.61. The van der Waals surface area contributed by atoms with E-state index in [1.165, 1.54) is 16.7 Å². The van der Waals surface area contributed by atoms with Gasteiger partial charge in [-0.15, -0.1) is 0 Å². The minimum absolute atomic E-state index is 0.477. The zero-order valence-corrected chi connectivity index (χ0v) is 16.9. The van der Waals surface area contributed by atoms with Crippen LogP contribution in [-0.4, -0.2) is 24.0 Å². The van der Waals surface area contributed by atoms with Gasteiger partial charge in [-0.1, -0.05) is 84.4 Å². The smallest absolute Gasteiger partial charge is 0.0406 e. The molecule has 28 heavy (non-hydrogen) atoms. The van der Waals surface area contributed by atoms with Crippen LogP contribution in [0.4, 0.5) is 0 Å². The Labute approximate surface area is 173 Å². The van der Waals surface area contributed by atoms with Gasteiger partial charge in [0.1, 0.15) is 0 Å². The van der Waals surface area contributed by atoms with Crippen molar-refractivity contribution in [3.05, 3.63) is 107 Å². The molecule has 1 aliphatic rings. The van der Waals surface area contributed by atoms with Crippen LogP contribution in [-0.2, 0) is 13.1 Å². The maximum Gasteiger partial charge on any atom is 0.0406 e. The van der Waals surface area contributed by atoms with Crippen molar-refractivity contribution in [2.75, 3.05) is 13.1 Å². The number of rotatable bonds is 6. The van der Waals surface area contributed by atoms with Gasteiger partial charge in [-0.2, -0.15) is 0 Å². The lowest BCUT2D eigenvalue weighted by atomic mass is 9.85. The molecular formula is C25H27ClN2. The van der Waals surface area contributed by atoms with Crippen LogP contribution in [0.1, 0.15) is 29.0 Å². The van der Waals surface area contributed by atoms with Gasteiger partial charge in [0, 0.05) is 43.2 Å². The van der Waals surface area contributed by atoms with E-state index in [4.69, 9.17) is 11.6 Å². The molecule has 1 heterocycles. The van der Waals surface area contributed by atoms with Crippen LogP contribution in [0.2, 0.25) is 5.02 Å². The monoisotopic (exact) mass is 390 g/mol. The van der Waals surface area contributed by atoms with Crippen LogP contribution in [0.3, 0.4) is 0 Å². The SMILES string of the molecule is Clc1ccc(CN[C@H]2CCN(Cc3ccccc3)C[C@@H]2c2ccccc2)cc1. The number of halogens is 1. The Hall–Kier alpha value is -2.13. The van der Waals surface area contributed by atoms with Crippen molar-refractivity contribution in [3.63, 3.8) is 0 Å². The van der Waals surface area contributed by atoms with E-state index in [2.05, 4.69) is 83.0 Å². The first-order valence-corrected chi connectivity index (χ1v) is 10.4. The number of hydrogen-bond acceptors (Lipinski definition) is 2. The Morgan fingerprint density at radius 3 is 2.21 bits per heavy atom. The summed E-state index contributed by atoms with van der Waals surface area (Å²) in [5.41, 5.74) is 4.10. The van der Waals surface area contributed by atoms with Gasteiger partial charge >= 0.3 is 0 Å². The highest BCUT2D eigenvalue weighted by Crippen LogP contribution is 2.28. The third kappa shape index (κ3) is 5.02. The van der Waals surface area contributed by atoms with Gasteiger partial charge in [-0.3, -0.25) is 4.90 Å². The van der Waals surface area contributed by atoms with Crippen LogP contribution in [0.25, 0.3) is 0 Å². The van der Waals surface area contributed by atoms with Crippen LogP contribution in [0.5, 0.6) is 0 Å². The molecule has 0 unspecified atom stereocenters. The van der Waals surface area contributed by atoms with Crippen molar-refractivity contribution in [3.8, 4) is 0 Å². The summed E-state index contributed by atoms with van der Waals surface area (Å²) in [4.78, 5) is 2.59. The van der Waals surface area contributed by atoms with Crippen molar-refractivity contribution in [2.45, 2.75) is 31.5 Å². The predicted molar refractivity (Wildman–Crippen MR) is 118 cm³/mol. The first-order chi connectivity index (χ1) is 13.8. The first-order valence-electron chi connectivity index (χ1n) is 10.1. The third-order valence-corrected chi connectivity index (χ3v) is 5.91. The molecule has 0 spiro atoms. The minimum Gasteiger partial charge on any atom is -0.309 e. The molecule has 0 amide bonds. The zero-order valence-electron chi connectivity index (χ0n) is 16.1. The van der Waals surface area contributed by atoms with Gasteiger partial charge in [0.15, 0.2) is 0 Å². The zero-order chi connectivity index (χ0) is 19.2. The Morgan fingerprint density at radius 1 is 0.821 bits per heavy atom. The van der Waals surface area contributed by atoms with Gasteiger partial charge in [0.2, 0.25) is 0 Å². The fourth-order valence-corrected chi connectivity index (χ4v) is 4.26. The summed E-state index contributed by atoms with van der Waals surface area (Å²) in [5.74, 6) is 0.492. The maximum atomic E-state index is 6.02. The predicted octanol–water partition coefficient (Wildman–Crippen LogP) is 5.49. The standard InChI is InChI=1S/C25H27ClN2/c26-23-13-11-20(12-14-23)17-27-25-15-16-28(18-21-7-3-1-4-8-21)19-24(25)22-9-5-2-6-10-22/h1-14,24-25,27H,15-19H2/t24-,25+/m1/s1. The summed E-state index contributed by atoms with van der Waals surface area (Å²) in [7, 11) is 0. The number of likely N-dealkylation sites (tertiary alicyclic amines) is 1. The van der Waals surface area contributed by atoms with Gasteiger partial charge in [0.05, 0.1) is 0 Å². The van der Waals surface area contributed by atoms with E-state index in [-0.39, 0.29) is 0 Å². The van der Waals surface area contributed by atoms with Crippen molar-refractivity contribution in [2.24, 2.45) is 0 Å². The molecule has 0 aliphatic carbocycles. The van der Waals surface area contributed by atoms with Gasteiger partial charge in [-0.05, 0) is 35.2 Å². The van der Waals surface area contributed by atoms with E-state index in [0.29, 0.717) is 12.0 Å². The summed E-state index contributed by atoms with van der Waals surface area (Å²) < 4.78 is 0. The first kappa shape index (κ1) is 19.2. The van der Waals surface area contributed by atoms with Crippen LogP contribution in [0, 0.1) is 0 Å². The lowest BCUT2D eigenvalue weighted by Gasteiger charge is -2.39. The van der Waals surface area contributed by atoms with E-state index in [9.17, 15) is 0 Å². The molecule has 3 aromatic carbocycles. The number of nitrogens with zero attached hydrogens (tertiary/aromatic N) is 1. The van der Waals surface area contributed by atoms with E-state index < -0.39 is 0 Å². The van der Waals surface area contributed by atoms with Gasteiger partial charge < -0.3 is 5.32 Å². The number of nitrogens with one attached hydrogen (secondary N) is 1. The van der Waals surface area contributed by atoms with Crippen molar-refractivity contribution < 1.29 is 0 Å². The molecule has 0 aromatic heterocycles. The fourth-order valence-electron chi connectivity index (χ4n) is 4.14. The van der Waals surface area contributed by atoms with E-state index in [0.717, 1.165) is 37.6 Å². The Bertz CT molecular complexity index is 849. The minimum atomic E-state index is 0.477. The average molecular weight is 391 g/mol. The molecule has 1 N–H and O–H groups in total. The molecule has 0 saturated carbocycles. The molecule has 4 rings (SSSR count). The highest BCUT2D eigenvalue weighted by atomic mass is 35.5. The number of hydrogen-bond donors (Lipinski definition) is 1. The molecule has 2 atom stereocenters. The molecule has 3 heteroatoms. The maximum absolute atomic E-state index is 6.02. The van der Waals surface area contributed by atoms with E-state index >= 15 is 0 Å². The number of piperidine rings is 1. The van der Waals surface area contributed by atoms with Gasteiger partial charge in [-0.25, -0.2) is 0 Å². The second kappa shape index (κ2) is 9.38. The van der Waals surface area contributed by atoms with Crippen molar-refractivity contribution >= 4 is 11.6 Å². The van der Waals surface area contributed by atoms with Crippen LogP contribution in [0.15, 0.2) is 84.9 Å².